The topological polar surface area (TPSA) is 83.9 Å². The number of allylic oxidation sites excluding steroid dienone is 1. The Hall–Kier alpha value is -3.39. The van der Waals surface area contributed by atoms with Gasteiger partial charge in [0, 0.05) is 30.6 Å². The number of carbonyl (C=O) groups excluding carboxylic acids is 2. The van der Waals surface area contributed by atoms with Crippen molar-refractivity contribution in [1.82, 2.24) is 15.2 Å². The van der Waals surface area contributed by atoms with Crippen molar-refractivity contribution in [3.63, 3.8) is 0 Å². The average molecular weight is 491 g/mol. The molecule has 0 spiro atoms. The van der Waals surface area contributed by atoms with Gasteiger partial charge in [-0.1, -0.05) is 41.6 Å². The largest absolute Gasteiger partial charge is 0.463 e. The number of fused-ring (bicyclic) bond motifs is 1. The number of carbonyl (C=O) groups is 2. The molecule has 1 unspecified atom stereocenters. The van der Waals surface area contributed by atoms with Gasteiger partial charge in [0.1, 0.15) is 0 Å². The van der Waals surface area contributed by atoms with Crippen LogP contribution in [0.5, 0.6) is 0 Å². The molecule has 3 heterocycles. The standard InChI is InChI=1S/C27H30N4O3S/c1-5-34-26(33)24-19(4)30-27-31(25(24)22-14-17(2)9-10-18(22)3)21(16-35-27)15-23(32)29-13-11-20-8-6-7-12-28-20/h6-10,12,14,16,25H,5,11,13,15H2,1-4H3,(H,29,32). The number of hydrogen-bond donors (Lipinski definition) is 1. The van der Waals surface area contributed by atoms with E-state index in [0.29, 0.717) is 24.2 Å². The molecular weight excluding hydrogens is 460 g/mol. The van der Waals surface area contributed by atoms with Crippen LogP contribution in [0.4, 0.5) is 0 Å². The fourth-order valence-corrected chi connectivity index (χ4v) is 5.26. The van der Waals surface area contributed by atoms with Crippen LogP contribution < -0.4 is 5.32 Å². The highest BCUT2D eigenvalue weighted by Gasteiger charge is 2.41. The van der Waals surface area contributed by atoms with Gasteiger partial charge in [-0.25, -0.2) is 9.79 Å². The number of amidine groups is 1. The van der Waals surface area contributed by atoms with Gasteiger partial charge >= 0.3 is 5.97 Å². The van der Waals surface area contributed by atoms with E-state index in [-0.39, 0.29) is 24.9 Å². The second-order valence-corrected chi connectivity index (χ2v) is 9.41. The Labute approximate surface area is 210 Å². The summed E-state index contributed by atoms with van der Waals surface area (Å²) >= 11 is 1.47. The molecule has 0 aliphatic carbocycles. The molecule has 1 atom stereocenters. The molecule has 1 N–H and O–H groups in total. The number of aryl methyl sites for hydroxylation is 2. The van der Waals surface area contributed by atoms with E-state index in [9.17, 15) is 9.59 Å². The van der Waals surface area contributed by atoms with Crippen molar-refractivity contribution >= 4 is 28.8 Å². The van der Waals surface area contributed by atoms with E-state index in [2.05, 4.69) is 28.5 Å². The number of pyridine rings is 1. The van der Waals surface area contributed by atoms with Crippen LogP contribution in [0.1, 0.15) is 48.7 Å². The van der Waals surface area contributed by atoms with Crippen molar-refractivity contribution in [2.24, 2.45) is 4.99 Å². The highest BCUT2D eigenvalue weighted by atomic mass is 32.2. The summed E-state index contributed by atoms with van der Waals surface area (Å²) in [5, 5.41) is 5.71. The quantitative estimate of drug-likeness (QED) is 0.545. The van der Waals surface area contributed by atoms with Crippen LogP contribution in [0.3, 0.4) is 0 Å². The van der Waals surface area contributed by atoms with Crippen LogP contribution in [0.25, 0.3) is 0 Å². The second-order valence-electron chi connectivity index (χ2n) is 8.57. The molecule has 1 amide bonds. The summed E-state index contributed by atoms with van der Waals surface area (Å²) in [7, 11) is 0. The van der Waals surface area contributed by atoms with Crippen LogP contribution in [-0.4, -0.2) is 40.1 Å². The number of rotatable bonds is 8. The summed E-state index contributed by atoms with van der Waals surface area (Å²) in [5.74, 6) is -0.465. The van der Waals surface area contributed by atoms with Gasteiger partial charge in [-0.15, -0.1) is 0 Å². The highest BCUT2D eigenvalue weighted by molar-refractivity contribution is 8.16. The van der Waals surface area contributed by atoms with Crippen molar-refractivity contribution < 1.29 is 14.3 Å². The van der Waals surface area contributed by atoms with E-state index in [0.717, 1.165) is 33.2 Å². The normalized spacial score (nSPS) is 17.0. The van der Waals surface area contributed by atoms with Gasteiger partial charge in [0.05, 0.1) is 30.3 Å². The summed E-state index contributed by atoms with van der Waals surface area (Å²) in [6.07, 6.45) is 2.60. The van der Waals surface area contributed by atoms with Gasteiger partial charge in [0.15, 0.2) is 5.17 Å². The molecule has 0 bridgehead atoms. The number of benzene rings is 1. The molecule has 2 aliphatic heterocycles. The molecule has 2 aromatic rings. The Kier molecular flexibility index (Phi) is 7.70. The Balaban J connectivity index is 1.59. The van der Waals surface area contributed by atoms with Crippen LogP contribution in [0.15, 0.2) is 70.0 Å². The van der Waals surface area contributed by atoms with Gasteiger partial charge in [0.25, 0.3) is 0 Å². The van der Waals surface area contributed by atoms with Gasteiger partial charge in [-0.05, 0) is 56.4 Å². The summed E-state index contributed by atoms with van der Waals surface area (Å²) in [5.41, 5.74) is 6.06. The minimum Gasteiger partial charge on any atom is -0.463 e. The first-order valence-electron chi connectivity index (χ1n) is 11.7. The number of amides is 1. The Morgan fingerprint density at radius 2 is 2.00 bits per heavy atom. The highest BCUT2D eigenvalue weighted by Crippen LogP contribution is 2.45. The lowest BCUT2D eigenvalue weighted by molar-refractivity contribution is -0.139. The van der Waals surface area contributed by atoms with Crippen molar-refractivity contribution in [2.75, 3.05) is 13.2 Å². The minimum atomic E-state index is -0.413. The first-order valence-corrected chi connectivity index (χ1v) is 12.6. The number of nitrogens with one attached hydrogen (secondary N) is 1. The maximum atomic E-state index is 13.1. The molecule has 0 saturated carbocycles. The lowest BCUT2D eigenvalue weighted by atomic mass is 9.90. The summed E-state index contributed by atoms with van der Waals surface area (Å²) in [6.45, 7) is 8.50. The molecule has 1 aromatic carbocycles. The number of nitrogens with zero attached hydrogens (tertiary/aromatic N) is 3. The first-order chi connectivity index (χ1) is 16.9. The predicted octanol–water partition coefficient (Wildman–Crippen LogP) is 4.59. The van der Waals surface area contributed by atoms with Crippen molar-refractivity contribution in [2.45, 2.75) is 46.6 Å². The Morgan fingerprint density at radius 1 is 1.17 bits per heavy atom. The van der Waals surface area contributed by atoms with E-state index < -0.39 is 6.04 Å². The second kappa shape index (κ2) is 10.9. The van der Waals surface area contributed by atoms with Crippen LogP contribution in [-0.2, 0) is 20.7 Å². The first kappa shape index (κ1) is 24.7. The molecule has 2 aliphatic rings. The maximum absolute atomic E-state index is 13.1. The molecule has 182 valence electrons. The fraction of sp³-hybridized carbons (Fsp3) is 0.333. The van der Waals surface area contributed by atoms with Crippen molar-refractivity contribution in [3.05, 3.63) is 87.4 Å². The third-order valence-electron chi connectivity index (χ3n) is 6.00. The molecule has 7 nitrogen and oxygen atoms in total. The third kappa shape index (κ3) is 5.48. The van der Waals surface area contributed by atoms with Crippen LogP contribution in [0, 0.1) is 13.8 Å². The lowest BCUT2D eigenvalue weighted by Crippen LogP contribution is -2.38. The number of ether oxygens (including phenoxy) is 1. The van der Waals surface area contributed by atoms with Gasteiger partial charge in [-0.3, -0.25) is 9.78 Å². The van der Waals surface area contributed by atoms with E-state index in [1.165, 1.54) is 11.8 Å². The fourth-order valence-electron chi connectivity index (χ4n) is 4.29. The molecule has 0 fully saturated rings. The van der Waals surface area contributed by atoms with Crippen LogP contribution in [0.2, 0.25) is 0 Å². The van der Waals surface area contributed by atoms with E-state index >= 15 is 0 Å². The third-order valence-corrected chi connectivity index (χ3v) is 6.89. The average Bonchev–Trinajstić information content (AvgIpc) is 3.22. The van der Waals surface area contributed by atoms with Gasteiger partial charge < -0.3 is 15.0 Å². The summed E-state index contributed by atoms with van der Waals surface area (Å²) < 4.78 is 5.43. The van der Waals surface area contributed by atoms with Crippen molar-refractivity contribution in [1.29, 1.82) is 0 Å². The van der Waals surface area contributed by atoms with Crippen molar-refractivity contribution in [3.8, 4) is 0 Å². The molecule has 1 aromatic heterocycles. The molecule has 0 saturated heterocycles. The monoisotopic (exact) mass is 490 g/mol. The van der Waals surface area contributed by atoms with Crippen LogP contribution >= 0.6 is 11.8 Å². The maximum Gasteiger partial charge on any atom is 0.338 e. The van der Waals surface area contributed by atoms with E-state index in [1.807, 2.05) is 49.3 Å². The minimum absolute atomic E-state index is 0.0855. The smallest absolute Gasteiger partial charge is 0.338 e. The molecule has 4 rings (SSSR count). The van der Waals surface area contributed by atoms with Gasteiger partial charge in [0.2, 0.25) is 5.91 Å². The molecule has 0 radical (unpaired) electrons. The summed E-state index contributed by atoms with van der Waals surface area (Å²) in [4.78, 5) is 37.0. The predicted molar refractivity (Wildman–Crippen MR) is 139 cm³/mol. The van der Waals surface area contributed by atoms with E-state index in [1.54, 1.807) is 13.1 Å². The Morgan fingerprint density at radius 3 is 2.74 bits per heavy atom. The number of aromatic nitrogens is 1. The number of hydrogen-bond acceptors (Lipinski definition) is 7. The zero-order valence-electron chi connectivity index (χ0n) is 20.5. The molecular formula is C27H30N4O3S. The Bertz CT molecular complexity index is 1220. The SMILES string of the molecule is CCOC(=O)C1=C(C)N=C2SC=C(CC(=O)NCCc3ccccn3)N2C1c1cc(C)ccc1C. The zero-order chi connectivity index (χ0) is 24.9. The number of thioether (sulfide) groups is 1. The number of aliphatic imine (C=N–C) groups is 1. The zero-order valence-corrected chi connectivity index (χ0v) is 21.3. The number of esters is 1. The molecule has 35 heavy (non-hydrogen) atoms. The molecule has 8 heteroatoms. The lowest BCUT2D eigenvalue weighted by Gasteiger charge is -2.37. The van der Waals surface area contributed by atoms with E-state index in [4.69, 9.17) is 9.73 Å². The summed E-state index contributed by atoms with van der Waals surface area (Å²) in [6, 6.07) is 11.6. The van der Waals surface area contributed by atoms with Gasteiger partial charge in [-0.2, -0.15) is 0 Å².